The molecule has 0 spiro atoms. The third-order valence-electron chi connectivity index (χ3n) is 2.46. The van der Waals surface area contributed by atoms with Gasteiger partial charge < -0.3 is 14.6 Å². The number of esters is 1. The lowest BCUT2D eigenvalue weighted by atomic mass is 10.2. The maximum atomic E-state index is 11.6. The summed E-state index contributed by atoms with van der Waals surface area (Å²) in [6.45, 7) is 4.26. The molecule has 2 aromatic rings. The molecule has 0 fully saturated rings. The molecule has 0 aliphatic rings. The first-order valence-corrected chi connectivity index (χ1v) is 5.96. The fraction of sp³-hybridized carbons (Fsp3) is 0.308. The quantitative estimate of drug-likeness (QED) is 0.847. The summed E-state index contributed by atoms with van der Waals surface area (Å²) in [4.78, 5) is 19.6. The van der Waals surface area contributed by atoms with Crippen LogP contribution in [0.2, 0.25) is 0 Å². The van der Waals surface area contributed by atoms with Gasteiger partial charge in [-0.25, -0.2) is 14.8 Å². The molecule has 19 heavy (non-hydrogen) atoms. The Morgan fingerprint density at radius 2 is 2.11 bits per heavy atom. The van der Waals surface area contributed by atoms with Crippen molar-refractivity contribution >= 4 is 16.9 Å². The van der Waals surface area contributed by atoms with Gasteiger partial charge in [-0.2, -0.15) is 0 Å². The molecule has 0 amide bonds. The number of hydrogen-bond acceptors (Lipinski definition) is 6. The standard InChI is InChI=1S/C13H14N2O4/c1-3-18-10-6-5-8-9(15-10)7-14-11(12(8)16)13(17)19-4-2/h5-7,16H,3-4H2,1-2H3. The molecule has 0 atom stereocenters. The number of fused-ring (bicyclic) bond motifs is 1. The average Bonchev–Trinajstić information content (AvgIpc) is 2.39. The highest BCUT2D eigenvalue weighted by molar-refractivity contribution is 5.97. The maximum absolute atomic E-state index is 11.6. The lowest BCUT2D eigenvalue weighted by Crippen LogP contribution is -2.07. The van der Waals surface area contributed by atoms with Crippen LogP contribution in [-0.4, -0.2) is 34.3 Å². The molecule has 0 bridgehead atoms. The molecule has 0 aromatic carbocycles. The summed E-state index contributed by atoms with van der Waals surface area (Å²) in [6.07, 6.45) is 1.41. The number of ether oxygens (including phenoxy) is 2. The van der Waals surface area contributed by atoms with Crippen molar-refractivity contribution in [1.82, 2.24) is 9.97 Å². The summed E-state index contributed by atoms with van der Waals surface area (Å²) in [6, 6.07) is 3.26. The van der Waals surface area contributed by atoms with Crippen LogP contribution in [0.15, 0.2) is 18.3 Å². The monoisotopic (exact) mass is 262 g/mol. The zero-order chi connectivity index (χ0) is 13.8. The minimum atomic E-state index is -0.657. The molecular weight excluding hydrogens is 248 g/mol. The lowest BCUT2D eigenvalue weighted by Gasteiger charge is -2.07. The summed E-state index contributed by atoms with van der Waals surface area (Å²) in [5.74, 6) is -0.442. The van der Waals surface area contributed by atoms with E-state index in [0.29, 0.717) is 23.4 Å². The van der Waals surface area contributed by atoms with Crippen LogP contribution in [0.25, 0.3) is 10.9 Å². The van der Waals surface area contributed by atoms with Gasteiger partial charge in [0, 0.05) is 11.5 Å². The summed E-state index contributed by atoms with van der Waals surface area (Å²) in [7, 11) is 0. The minimum absolute atomic E-state index is 0.111. The fourth-order valence-electron chi connectivity index (χ4n) is 1.65. The maximum Gasteiger partial charge on any atom is 0.360 e. The van der Waals surface area contributed by atoms with E-state index < -0.39 is 5.97 Å². The van der Waals surface area contributed by atoms with Gasteiger partial charge in [-0.15, -0.1) is 0 Å². The Morgan fingerprint density at radius 1 is 1.32 bits per heavy atom. The Labute approximate surface area is 110 Å². The molecule has 1 N–H and O–H groups in total. The van der Waals surface area contributed by atoms with Crippen molar-refractivity contribution in [3.05, 3.63) is 24.0 Å². The lowest BCUT2D eigenvalue weighted by molar-refractivity contribution is 0.0516. The Morgan fingerprint density at radius 3 is 2.79 bits per heavy atom. The van der Waals surface area contributed by atoms with Crippen LogP contribution in [0, 0.1) is 0 Å². The van der Waals surface area contributed by atoms with E-state index in [1.165, 1.54) is 6.20 Å². The van der Waals surface area contributed by atoms with E-state index in [1.807, 2.05) is 6.92 Å². The second-order valence-corrected chi connectivity index (χ2v) is 3.69. The van der Waals surface area contributed by atoms with E-state index >= 15 is 0 Å². The second-order valence-electron chi connectivity index (χ2n) is 3.69. The molecule has 6 nitrogen and oxygen atoms in total. The highest BCUT2D eigenvalue weighted by Gasteiger charge is 2.17. The third-order valence-corrected chi connectivity index (χ3v) is 2.46. The number of nitrogens with zero attached hydrogens (tertiary/aromatic N) is 2. The molecule has 0 aliphatic carbocycles. The molecule has 0 saturated carbocycles. The number of carbonyl (C=O) groups is 1. The van der Waals surface area contributed by atoms with Gasteiger partial charge in [0.1, 0.15) is 0 Å². The second kappa shape index (κ2) is 5.51. The molecule has 2 rings (SSSR count). The van der Waals surface area contributed by atoms with Gasteiger partial charge in [0.15, 0.2) is 11.4 Å². The SMILES string of the molecule is CCOC(=O)c1ncc2nc(OCC)ccc2c1O. The highest BCUT2D eigenvalue weighted by atomic mass is 16.5. The number of aromatic nitrogens is 2. The minimum Gasteiger partial charge on any atom is -0.505 e. The first-order chi connectivity index (χ1) is 9.17. The van der Waals surface area contributed by atoms with E-state index in [2.05, 4.69) is 9.97 Å². The molecule has 6 heteroatoms. The fourth-order valence-corrected chi connectivity index (χ4v) is 1.65. The highest BCUT2D eigenvalue weighted by Crippen LogP contribution is 2.27. The number of carbonyl (C=O) groups excluding carboxylic acids is 1. The van der Waals surface area contributed by atoms with Crippen molar-refractivity contribution in [2.45, 2.75) is 13.8 Å². The topological polar surface area (TPSA) is 81.5 Å². The Hall–Kier alpha value is -2.37. The van der Waals surface area contributed by atoms with Crippen molar-refractivity contribution in [2.24, 2.45) is 0 Å². The van der Waals surface area contributed by atoms with Crippen LogP contribution >= 0.6 is 0 Å². The predicted molar refractivity (Wildman–Crippen MR) is 68.3 cm³/mol. The average molecular weight is 262 g/mol. The van der Waals surface area contributed by atoms with Crippen LogP contribution in [0.1, 0.15) is 24.3 Å². The molecular formula is C13H14N2O4. The molecule has 2 aromatic heterocycles. The van der Waals surface area contributed by atoms with E-state index in [9.17, 15) is 9.90 Å². The van der Waals surface area contributed by atoms with Gasteiger partial charge >= 0.3 is 5.97 Å². The molecule has 2 heterocycles. The Balaban J connectivity index is 2.47. The third kappa shape index (κ3) is 2.57. The van der Waals surface area contributed by atoms with Crippen LogP contribution in [0.3, 0.4) is 0 Å². The van der Waals surface area contributed by atoms with E-state index in [0.717, 1.165) is 0 Å². The van der Waals surface area contributed by atoms with E-state index in [1.54, 1.807) is 19.1 Å². The zero-order valence-electron chi connectivity index (χ0n) is 10.7. The first-order valence-electron chi connectivity index (χ1n) is 5.96. The largest absolute Gasteiger partial charge is 0.505 e. The Bertz CT molecular complexity index is 613. The van der Waals surface area contributed by atoms with Crippen LogP contribution in [0.4, 0.5) is 0 Å². The summed E-state index contributed by atoms with van der Waals surface area (Å²) in [5.41, 5.74) is 0.344. The zero-order valence-corrected chi connectivity index (χ0v) is 10.7. The number of pyridine rings is 2. The van der Waals surface area contributed by atoms with Gasteiger partial charge in [-0.3, -0.25) is 0 Å². The molecule has 0 saturated heterocycles. The number of aromatic hydroxyl groups is 1. The van der Waals surface area contributed by atoms with Gasteiger partial charge in [0.05, 0.1) is 24.9 Å². The van der Waals surface area contributed by atoms with Crippen LogP contribution < -0.4 is 4.74 Å². The predicted octanol–water partition coefficient (Wildman–Crippen LogP) is 1.91. The van der Waals surface area contributed by atoms with E-state index in [-0.39, 0.29) is 18.1 Å². The van der Waals surface area contributed by atoms with Crippen LogP contribution in [-0.2, 0) is 4.74 Å². The van der Waals surface area contributed by atoms with Crippen molar-refractivity contribution < 1.29 is 19.4 Å². The summed E-state index contributed by atoms with van der Waals surface area (Å²) in [5, 5.41) is 10.5. The van der Waals surface area contributed by atoms with Crippen molar-refractivity contribution in [1.29, 1.82) is 0 Å². The van der Waals surface area contributed by atoms with Crippen molar-refractivity contribution in [3.8, 4) is 11.6 Å². The van der Waals surface area contributed by atoms with Gasteiger partial charge in [-0.1, -0.05) is 0 Å². The molecule has 100 valence electrons. The van der Waals surface area contributed by atoms with Crippen molar-refractivity contribution in [3.63, 3.8) is 0 Å². The van der Waals surface area contributed by atoms with Crippen molar-refractivity contribution in [2.75, 3.05) is 13.2 Å². The normalized spacial score (nSPS) is 10.4. The smallest absolute Gasteiger partial charge is 0.360 e. The summed E-state index contributed by atoms with van der Waals surface area (Å²) >= 11 is 0. The van der Waals surface area contributed by atoms with Crippen LogP contribution in [0.5, 0.6) is 11.6 Å². The Kier molecular flexibility index (Phi) is 3.79. The first kappa shape index (κ1) is 13.1. The molecule has 0 radical (unpaired) electrons. The summed E-state index contributed by atoms with van der Waals surface area (Å²) < 4.78 is 10.1. The van der Waals surface area contributed by atoms with E-state index in [4.69, 9.17) is 9.47 Å². The molecule has 0 aliphatic heterocycles. The van der Waals surface area contributed by atoms with Gasteiger partial charge in [0.25, 0.3) is 0 Å². The number of rotatable bonds is 4. The number of hydrogen-bond donors (Lipinski definition) is 1. The van der Waals surface area contributed by atoms with Gasteiger partial charge in [0.2, 0.25) is 5.88 Å². The van der Waals surface area contributed by atoms with Gasteiger partial charge in [-0.05, 0) is 19.9 Å². The molecule has 0 unspecified atom stereocenters.